The molecule has 1 saturated heterocycles. The quantitative estimate of drug-likeness (QED) is 0.820. The van der Waals surface area contributed by atoms with Crippen LogP contribution in [0.2, 0.25) is 5.02 Å². The number of benzene rings is 2. The van der Waals surface area contributed by atoms with Crippen molar-refractivity contribution in [2.45, 2.75) is 32.2 Å². The second kappa shape index (κ2) is 8.74. The monoisotopic (exact) mass is 414 g/mol. The lowest BCUT2D eigenvalue weighted by atomic mass is 10.1. The van der Waals surface area contributed by atoms with Gasteiger partial charge in [-0.2, -0.15) is 0 Å². The summed E-state index contributed by atoms with van der Waals surface area (Å²) in [5.74, 6) is 0.763. The Morgan fingerprint density at radius 1 is 0.966 bits per heavy atom. The van der Waals surface area contributed by atoms with Crippen molar-refractivity contribution in [1.82, 2.24) is 10.2 Å². The third-order valence-electron chi connectivity index (χ3n) is 5.24. The van der Waals surface area contributed by atoms with Crippen molar-refractivity contribution in [3.05, 3.63) is 58.1 Å². The van der Waals surface area contributed by atoms with Gasteiger partial charge in [-0.15, -0.1) is 0 Å². The molecule has 7 heteroatoms. The Morgan fingerprint density at radius 2 is 1.69 bits per heavy atom. The Balaban J connectivity index is 1.36. The SMILES string of the molecule is O=C(NCc1ccc(C(=O)N2CCCCCC2)cc1)c1cc(Cl)c2c(c1)OCO2. The minimum absolute atomic E-state index is 0.0810. The smallest absolute Gasteiger partial charge is 0.253 e. The maximum Gasteiger partial charge on any atom is 0.253 e. The molecule has 0 unspecified atom stereocenters. The molecule has 1 N–H and O–H groups in total. The summed E-state index contributed by atoms with van der Waals surface area (Å²) < 4.78 is 10.6. The number of hydrogen-bond donors (Lipinski definition) is 1. The van der Waals surface area contributed by atoms with E-state index in [1.54, 1.807) is 12.1 Å². The second-order valence-corrected chi connectivity index (χ2v) is 7.69. The first kappa shape index (κ1) is 19.6. The van der Waals surface area contributed by atoms with E-state index < -0.39 is 0 Å². The topological polar surface area (TPSA) is 67.9 Å². The number of halogens is 1. The van der Waals surface area contributed by atoms with E-state index >= 15 is 0 Å². The number of carbonyl (C=O) groups excluding carboxylic acids is 2. The lowest BCUT2D eigenvalue weighted by molar-refractivity contribution is 0.0761. The average molecular weight is 415 g/mol. The van der Waals surface area contributed by atoms with E-state index in [0.29, 0.717) is 34.2 Å². The Labute approximate surface area is 174 Å². The predicted molar refractivity (Wildman–Crippen MR) is 110 cm³/mol. The summed E-state index contributed by atoms with van der Waals surface area (Å²) in [6.07, 6.45) is 4.52. The molecule has 4 rings (SSSR count). The van der Waals surface area contributed by atoms with Gasteiger partial charge >= 0.3 is 0 Å². The van der Waals surface area contributed by atoms with Crippen molar-refractivity contribution in [3.63, 3.8) is 0 Å². The van der Waals surface area contributed by atoms with Crippen LogP contribution in [0.15, 0.2) is 36.4 Å². The first-order valence-corrected chi connectivity index (χ1v) is 10.3. The number of fused-ring (bicyclic) bond motifs is 1. The van der Waals surface area contributed by atoms with Crippen LogP contribution in [0, 0.1) is 0 Å². The van der Waals surface area contributed by atoms with Crippen LogP contribution in [0.5, 0.6) is 11.5 Å². The van der Waals surface area contributed by atoms with Crippen molar-refractivity contribution in [3.8, 4) is 11.5 Å². The molecule has 2 aliphatic rings. The second-order valence-electron chi connectivity index (χ2n) is 7.28. The largest absolute Gasteiger partial charge is 0.454 e. The maximum atomic E-state index is 12.7. The number of amides is 2. The summed E-state index contributed by atoms with van der Waals surface area (Å²) in [5.41, 5.74) is 2.01. The highest BCUT2D eigenvalue weighted by atomic mass is 35.5. The summed E-state index contributed by atoms with van der Waals surface area (Å²) in [7, 11) is 0. The first-order chi connectivity index (χ1) is 14.1. The number of rotatable bonds is 4. The molecule has 0 radical (unpaired) electrons. The van der Waals surface area contributed by atoms with E-state index in [2.05, 4.69) is 5.32 Å². The van der Waals surface area contributed by atoms with Crippen LogP contribution in [-0.2, 0) is 6.54 Å². The minimum atomic E-state index is -0.255. The summed E-state index contributed by atoms with van der Waals surface area (Å²) in [4.78, 5) is 27.1. The number of nitrogens with zero attached hydrogens (tertiary/aromatic N) is 1. The third kappa shape index (κ3) is 4.48. The molecule has 2 aliphatic heterocycles. The van der Waals surface area contributed by atoms with Crippen LogP contribution in [-0.4, -0.2) is 36.6 Å². The van der Waals surface area contributed by atoms with Crippen molar-refractivity contribution in [2.24, 2.45) is 0 Å². The van der Waals surface area contributed by atoms with Gasteiger partial charge in [-0.1, -0.05) is 36.6 Å². The molecule has 6 nitrogen and oxygen atoms in total. The van der Waals surface area contributed by atoms with E-state index in [-0.39, 0.29) is 18.6 Å². The molecule has 0 bridgehead atoms. The molecule has 1 fully saturated rings. The van der Waals surface area contributed by atoms with Crippen LogP contribution in [0.1, 0.15) is 52.0 Å². The van der Waals surface area contributed by atoms with Gasteiger partial charge in [-0.25, -0.2) is 0 Å². The standard InChI is InChI=1S/C22H23ClN2O4/c23-18-11-17(12-19-20(18)29-14-28-19)21(26)24-13-15-5-7-16(8-6-15)22(27)25-9-3-1-2-4-10-25/h5-8,11-12H,1-4,9-10,13-14H2,(H,24,26). The lowest BCUT2D eigenvalue weighted by Gasteiger charge is -2.20. The Hall–Kier alpha value is -2.73. The number of hydrogen-bond acceptors (Lipinski definition) is 4. The molecule has 29 heavy (non-hydrogen) atoms. The molecule has 2 aromatic rings. The molecule has 0 aliphatic carbocycles. The van der Waals surface area contributed by atoms with Crippen LogP contribution < -0.4 is 14.8 Å². The molecule has 2 amide bonds. The summed E-state index contributed by atoms with van der Waals surface area (Å²) >= 11 is 6.14. The van der Waals surface area contributed by atoms with Gasteiger partial charge in [0.05, 0.1) is 5.02 Å². The molecular weight excluding hydrogens is 392 g/mol. The Kier molecular flexibility index (Phi) is 5.90. The van der Waals surface area contributed by atoms with Gasteiger partial charge in [-0.05, 0) is 42.7 Å². The lowest BCUT2D eigenvalue weighted by Crippen LogP contribution is -2.31. The van der Waals surface area contributed by atoms with Crippen molar-refractivity contribution in [2.75, 3.05) is 19.9 Å². The van der Waals surface area contributed by atoms with Crippen LogP contribution in [0.25, 0.3) is 0 Å². The van der Waals surface area contributed by atoms with Gasteiger partial charge in [0.1, 0.15) is 0 Å². The third-order valence-corrected chi connectivity index (χ3v) is 5.52. The zero-order valence-electron chi connectivity index (χ0n) is 16.1. The molecule has 0 atom stereocenters. The summed E-state index contributed by atoms with van der Waals surface area (Å²) in [6, 6.07) is 10.6. The molecule has 0 spiro atoms. The van der Waals surface area contributed by atoms with Gasteiger partial charge < -0.3 is 19.7 Å². The first-order valence-electron chi connectivity index (χ1n) is 9.87. The van der Waals surface area contributed by atoms with E-state index in [9.17, 15) is 9.59 Å². The van der Waals surface area contributed by atoms with Gasteiger partial charge in [0.15, 0.2) is 11.5 Å². The van der Waals surface area contributed by atoms with Gasteiger partial charge in [0.25, 0.3) is 11.8 Å². The van der Waals surface area contributed by atoms with Crippen LogP contribution in [0.4, 0.5) is 0 Å². The average Bonchev–Trinajstić information content (AvgIpc) is 3.06. The minimum Gasteiger partial charge on any atom is -0.454 e. The fourth-order valence-electron chi connectivity index (χ4n) is 3.60. The zero-order chi connectivity index (χ0) is 20.2. The number of likely N-dealkylation sites (tertiary alicyclic amines) is 1. The molecular formula is C22H23ClN2O4. The van der Waals surface area contributed by atoms with Gasteiger partial charge in [0.2, 0.25) is 6.79 Å². The molecule has 2 heterocycles. The van der Waals surface area contributed by atoms with Gasteiger partial charge in [0, 0.05) is 30.8 Å². The highest BCUT2D eigenvalue weighted by Crippen LogP contribution is 2.39. The van der Waals surface area contributed by atoms with Crippen LogP contribution >= 0.6 is 11.6 Å². The van der Waals surface area contributed by atoms with E-state index in [1.807, 2.05) is 29.2 Å². The summed E-state index contributed by atoms with van der Waals surface area (Å²) in [6.45, 7) is 2.11. The van der Waals surface area contributed by atoms with E-state index in [1.165, 1.54) is 12.8 Å². The maximum absolute atomic E-state index is 12.7. The van der Waals surface area contributed by atoms with Crippen molar-refractivity contribution >= 4 is 23.4 Å². The highest BCUT2D eigenvalue weighted by Gasteiger charge is 2.21. The van der Waals surface area contributed by atoms with Crippen LogP contribution in [0.3, 0.4) is 0 Å². The number of nitrogens with one attached hydrogen (secondary N) is 1. The fraction of sp³-hybridized carbons (Fsp3) is 0.364. The Morgan fingerprint density at radius 3 is 2.41 bits per heavy atom. The summed E-state index contributed by atoms with van der Waals surface area (Å²) in [5, 5.41) is 3.21. The van der Waals surface area contributed by atoms with E-state index in [0.717, 1.165) is 31.5 Å². The molecule has 152 valence electrons. The zero-order valence-corrected chi connectivity index (χ0v) is 16.8. The van der Waals surface area contributed by atoms with Crippen molar-refractivity contribution in [1.29, 1.82) is 0 Å². The fourth-order valence-corrected chi connectivity index (χ4v) is 3.87. The molecule has 2 aromatic carbocycles. The Bertz CT molecular complexity index is 906. The van der Waals surface area contributed by atoms with Crippen molar-refractivity contribution < 1.29 is 19.1 Å². The predicted octanol–water partition coefficient (Wildman–Crippen LogP) is 4.01. The number of carbonyl (C=O) groups is 2. The van der Waals surface area contributed by atoms with Gasteiger partial charge in [-0.3, -0.25) is 9.59 Å². The normalized spacial score (nSPS) is 15.7. The van der Waals surface area contributed by atoms with E-state index in [4.69, 9.17) is 21.1 Å². The number of ether oxygens (including phenoxy) is 2. The highest BCUT2D eigenvalue weighted by molar-refractivity contribution is 6.32. The molecule has 0 aromatic heterocycles. The molecule has 0 saturated carbocycles.